The maximum absolute atomic E-state index is 12.3. The second-order valence-corrected chi connectivity index (χ2v) is 5.12. The Morgan fingerprint density at radius 3 is 2.88 bits per heavy atom. The molecule has 0 radical (unpaired) electrons. The molecule has 3 aromatic rings. The molecular formula is C18H15FN4O. The van der Waals surface area contributed by atoms with Crippen molar-refractivity contribution in [2.75, 3.05) is 13.3 Å². The van der Waals surface area contributed by atoms with Gasteiger partial charge in [-0.25, -0.2) is 9.37 Å². The summed E-state index contributed by atoms with van der Waals surface area (Å²) in [6.07, 6.45) is 5.14. The van der Waals surface area contributed by atoms with E-state index in [1.165, 1.54) is 0 Å². The summed E-state index contributed by atoms with van der Waals surface area (Å²) in [5.41, 5.74) is 2.82. The molecule has 0 N–H and O–H groups in total. The maximum Gasteiger partial charge on any atom is 0.124 e. The van der Waals surface area contributed by atoms with Crippen molar-refractivity contribution in [1.82, 2.24) is 14.5 Å². The van der Waals surface area contributed by atoms with Crippen LogP contribution in [0.1, 0.15) is 11.1 Å². The molecule has 2 heterocycles. The van der Waals surface area contributed by atoms with Crippen LogP contribution in [0.4, 0.5) is 4.39 Å². The minimum Gasteiger partial charge on any atom is -0.491 e. The monoisotopic (exact) mass is 322 g/mol. The highest BCUT2D eigenvalue weighted by atomic mass is 19.1. The van der Waals surface area contributed by atoms with E-state index in [0.29, 0.717) is 29.2 Å². The van der Waals surface area contributed by atoms with Gasteiger partial charge in [0.1, 0.15) is 24.7 Å². The fourth-order valence-electron chi connectivity index (χ4n) is 2.34. The van der Waals surface area contributed by atoms with Crippen LogP contribution < -0.4 is 4.74 Å². The van der Waals surface area contributed by atoms with E-state index in [-0.39, 0.29) is 6.61 Å². The zero-order valence-electron chi connectivity index (χ0n) is 12.9. The smallest absolute Gasteiger partial charge is 0.124 e. The number of halogens is 1. The average Bonchev–Trinajstić information content (AvgIpc) is 3.09. The van der Waals surface area contributed by atoms with Crippen molar-refractivity contribution < 1.29 is 9.13 Å². The van der Waals surface area contributed by atoms with Gasteiger partial charge in [0.05, 0.1) is 30.2 Å². The molecule has 0 amide bonds. The third-order valence-corrected chi connectivity index (χ3v) is 3.44. The number of alkyl halides is 1. The summed E-state index contributed by atoms with van der Waals surface area (Å²) in [5, 5.41) is 8.97. The Morgan fingerprint density at radius 1 is 1.17 bits per heavy atom. The first-order valence-electron chi connectivity index (χ1n) is 7.45. The van der Waals surface area contributed by atoms with Crippen molar-refractivity contribution in [2.45, 2.75) is 6.54 Å². The van der Waals surface area contributed by atoms with Crippen molar-refractivity contribution in [3.63, 3.8) is 0 Å². The Morgan fingerprint density at radius 2 is 2.04 bits per heavy atom. The van der Waals surface area contributed by atoms with Crippen molar-refractivity contribution in [1.29, 1.82) is 5.26 Å². The fraction of sp³-hybridized carbons (Fsp3) is 0.167. The number of benzene rings is 1. The van der Waals surface area contributed by atoms with Crippen LogP contribution in [0.5, 0.6) is 5.75 Å². The normalized spacial score (nSPS) is 10.3. The molecule has 0 bridgehead atoms. The van der Waals surface area contributed by atoms with Crippen LogP contribution in [0.2, 0.25) is 0 Å². The van der Waals surface area contributed by atoms with Gasteiger partial charge in [0.15, 0.2) is 0 Å². The van der Waals surface area contributed by atoms with Gasteiger partial charge in [-0.05, 0) is 18.2 Å². The lowest BCUT2D eigenvalue weighted by Crippen LogP contribution is -2.04. The molecular weight excluding hydrogens is 307 g/mol. The van der Waals surface area contributed by atoms with Gasteiger partial charge in [-0.3, -0.25) is 4.98 Å². The Kier molecular flexibility index (Phi) is 4.82. The molecule has 5 nitrogen and oxygen atoms in total. The molecule has 0 aliphatic carbocycles. The molecule has 0 fully saturated rings. The Bertz CT molecular complexity index is 869. The SMILES string of the molecule is N#Cc1ccnc(-c2cn(Cc3ccccc3OCCF)cn2)c1. The average molecular weight is 322 g/mol. The van der Waals surface area contributed by atoms with E-state index in [4.69, 9.17) is 10.00 Å². The van der Waals surface area contributed by atoms with Crippen LogP contribution in [0.15, 0.2) is 55.1 Å². The number of hydrogen-bond acceptors (Lipinski definition) is 4. The van der Waals surface area contributed by atoms with Gasteiger partial charge in [-0.15, -0.1) is 0 Å². The third-order valence-electron chi connectivity index (χ3n) is 3.44. The number of nitrogens with zero attached hydrogens (tertiary/aromatic N) is 4. The molecule has 1 aromatic carbocycles. The van der Waals surface area contributed by atoms with Gasteiger partial charge in [0.25, 0.3) is 0 Å². The van der Waals surface area contributed by atoms with Gasteiger partial charge < -0.3 is 9.30 Å². The summed E-state index contributed by atoms with van der Waals surface area (Å²) >= 11 is 0. The predicted molar refractivity (Wildman–Crippen MR) is 87.2 cm³/mol. The van der Waals surface area contributed by atoms with Crippen LogP contribution in [-0.4, -0.2) is 27.8 Å². The second-order valence-electron chi connectivity index (χ2n) is 5.12. The molecule has 24 heavy (non-hydrogen) atoms. The van der Waals surface area contributed by atoms with E-state index in [1.54, 1.807) is 24.7 Å². The maximum atomic E-state index is 12.3. The van der Waals surface area contributed by atoms with Crippen molar-refractivity contribution >= 4 is 0 Å². The molecule has 120 valence electrons. The zero-order valence-corrected chi connectivity index (χ0v) is 12.9. The summed E-state index contributed by atoms with van der Waals surface area (Å²) in [7, 11) is 0. The number of hydrogen-bond donors (Lipinski definition) is 0. The highest BCUT2D eigenvalue weighted by Gasteiger charge is 2.08. The van der Waals surface area contributed by atoms with Crippen molar-refractivity contribution in [3.05, 3.63) is 66.2 Å². The number of para-hydroxylation sites is 1. The van der Waals surface area contributed by atoms with Crippen LogP contribution in [0, 0.1) is 11.3 Å². The van der Waals surface area contributed by atoms with Gasteiger partial charge in [0, 0.05) is 18.0 Å². The van der Waals surface area contributed by atoms with Crippen molar-refractivity contribution in [3.8, 4) is 23.2 Å². The lowest BCUT2D eigenvalue weighted by molar-refractivity contribution is 0.270. The van der Waals surface area contributed by atoms with E-state index in [2.05, 4.69) is 16.0 Å². The summed E-state index contributed by atoms with van der Waals surface area (Å²) in [6, 6.07) is 13.0. The first-order chi connectivity index (χ1) is 11.8. The van der Waals surface area contributed by atoms with Gasteiger partial charge in [-0.1, -0.05) is 18.2 Å². The standard InChI is InChI=1S/C18H15FN4O/c19-6-8-24-18-4-2-1-3-15(18)11-23-12-17(22-13-23)16-9-14(10-20)5-7-21-16/h1-5,7,9,12-13H,6,8,11H2. The minimum absolute atomic E-state index is 0.0388. The summed E-state index contributed by atoms with van der Waals surface area (Å²) in [6.45, 7) is 0.0644. The van der Waals surface area contributed by atoms with Gasteiger partial charge in [0.2, 0.25) is 0 Å². The number of ether oxygens (including phenoxy) is 1. The minimum atomic E-state index is -0.523. The summed E-state index contributed by atoms with van der Waals surface area (Å²) in [4.78, 5) is 8.58. The molecule has 0 aliphatic heterocycles. The Labute approximate surface area is 139 Å². The molecule has 3 rings (SSSR count). The van der Waals surface area contributed by atoms with Crippen LogP contribution in [0.25, 0.3) is 11.4 Å². The largest absolute Gasteiger partial charge is 0.491 e. The first kappa shape index (κ1) is 15.7. The van der Waals surface area contributed by atoms with E-state index >= 15 is 0 Å². The number of nitriles is 1. The molecule has 0 atom stereocenters. The molecule has 0 spiro atoms. The van der Waals surface area contributed by atoms with Crippen LogP contribution in [0.3, 0.4) is 0 Å². The highest BCUT2D eigenvalue weighted by molar-refractivity contribution is 5.55. The number of rotatable bonds is 6. The molecule has 0 unspecified atom stereocenters. The number of aromatic nitrogens is 3. The lowest BCUT2D eigenvalue weighted by Gasteiger charge is -2.10. The topological polar surface area (TPSA) is 63.7 Å². The first-order valence-corrected chi connectivity index (χ1v) is 7.45. The second kappa shape index (κ2) is 7.38. The van der Waals surface area contributed by atoms with E-state index in [1.807, 2.05) is 35.0 Å². The molecule has 0 saturated carbocycles. The molecule has 0 aliphatic rings. The quantitative estimate of drug-likeness (QED) is 0.699. The zero-order chi connectivity index (χ0) is 16.8. The molecule has 6 heteroatoms. The Hall–Kier alpha value is -3.20. The fourth-order valence-corrected chi connectivity index (χ4v) is 2.34. The summed E-state index contributed by atoms with van der Waals surface area (Å²) in [5.74, 6) is 0.662. The summed E-state index contributed by atoms with van der Waals surface area (Å²) < 4.78 is 19.6. The van der Waals surface area contributed by atoms with Crippen LogP contribution in [-0.2, 0) is 6.54 Å². The molecule has 0 saturated heterocycles. The highest BCUT2D eigenvalue weighted by Crippen LogP contribution is 2.21. The van der Waals surface area contributed by atoms with Crippen molar-refractivity contribution in [2.24, 2.45) is 0 Å². The third kappa shape index (κ3) is 3.58. The van der Waals surface area contributed by atoms with Crippen LogP contribution >= 0.6 is 0 Å². The lowest BCUT2D eigenvalue weighted by atomic mass is 10.2. The Balaban J connectivity index is 1.81. The number of imidazole rings is 1. The van der Waals surface area contributed by atoms with Gasteiger partial charge in [-0.2, -0.15) is 5.26 Å². The number of pyridine rings is 1. The van der Waals surface area contributed by atoms with E-state index in [0.717, 1.165) is 5.56 Å². The van der Waals surface area contributed by atoms with E-state index < -0.39 is 6.67 Å². The van der Waals surface area contributed by atoms with E-state index in [9.17, 15) is 4.39 Å². The van der Waals surface area contributed by atoms with Gasteiger partial charge >= 0.3 is 0 Å². The predicted octanol–water partition coefficient (Wildman–Crippen LogP) is 3.21. The molecule has 2 aromatic heterocycles.